The van der Waals surface area contributed by atoms with Crippen molar-refractivity contribution in [3.05, 3.63) is 11.6 Å². The number of nitrogens with zero attached hydrogens (tertiary/aromatic N) is 3. The Bertz CT molecular complexity index is 539. The van der Waals surface area contributed by atoms with Gasteiger partial charge >= 0.3 is 5.97 Å². The summed E-state index contributed by atoms with van der Waals surface area (Å²) in [5.74, 6) is -0.275. The molecule has 7 nitrogen and oxygen atoms in total. The maximum absolute atomic E-state index is 11.9. The van der Waals surface area contributed by atoms with E-state index in [1.165, 1.54) is 0 Å². The van der Waals surface area contributed by atoms with E-state index in [0.717, 1.165) is 31.0 Å². The van der Waals surface area contributed by atoms with Gasteiger partial charge in [-0.3, -0.25) is 9.59 Å². The Hall–Kier alpha value is -1.92. The Labute approximate surface area is 110 Å². The first kappa shape index (κ1) is 12.1. The van der Waals surface area contributed by atoms with Crippen LogP contribution in [0.1, 0.15) is 37.5 Å². The van der Waals surface area contributed by atoms with Crippen LogP contribution in [0, 0.1) is 11.8 Å². The highest BCUT2D eigenvalue weighted by Gasteiger charge is 2.48. The molecule has 3 unspecified atom stereocenters. The van der Waals surface area contributed by atoms with E-state index in [9.17, 15) is 9.59 Å². The summed E-state index contributed by atoms with van der Waals surface area (Å²) < 4.78 is 2.03. The average molecular weight is 264 g/mol. The van der Waals surface area contributed by atoms with Crippen LogP contribution in [0.3, 0.4) is 0 Å². The van der Waals surface area contributed by atoms with Crippen LogP contribution in [-0.4, -0.2) is 31.7 Å². The molecule has 2 aliphatic rings. The number of nitrogens with one attached hydrogen (secondary N) is 1. The van der Waals surface area contributed by atoms with Gasteiger partial charge in [0.15, 0.2) is 5.82 Å². The van der Waals surface area contributed by atoms with E-state index < -0.39 is 11.9 Å². The molecular formula is C12H16N4O3. The van der Waals surface area contributed by atoms with Gasteiger partial charge in [0.25, 0.3) is 0 Å². The highest BCUT2D eigenvalue weighted by molar-refractivity contribution is 5.89. The molecule has 0 saturated heterocycles. The Morgan fingerprint density at radius 3 is 2.89 bits per heavy atom. The number of carboxylic acids is 1. The van der Waals surface area contributed by atoms with Gasteiger partial charge in [0.05, 0.1) is 17.9 Å². The highest BCUT2D eigenvalue weighted by Crippen LogP contribution is 2.39. The number of carboxylic acid groups (broad SMARTS) is 1. The summed E-state index contributed by atoms with van der Waals surface area (Å²) in [5, 5.41) is 19.8. The van der Waals surface area contributed by atoms with Crippen LogP contribution >= 0.6 is 0 Å². The Balaban J connectivity index is 1.64. The van der Waals surface area contributed by atoms with Gasteiger partial charge in [0.2, 0.25) is 5.91 Å². The Morgan fingerprint density at radius 1 is 1.42 bits per heavy atom. The van der Waals surface area contributed by atoms with Gasteiger partial charge in [-0.1, -0.05) is 0 Å². The van der Waals surface area contributed by atoms with Gasteiger partial charge in [-0.2, -0.15) is 0 Å². The number of hydrogen-bond acceptors (Lipinski definition) is 4. The first-order valence-electron chi connectivity index (χ1n) is 6.53. The van der Waals surface area contributed by atoms with Crippen LogP contribution in [0.15, 0.2) is 0 Å². The van der Waals surface area contributed by atoms with Crippen LogP contribution in [0.5, 0.6) is 0 Å². The monoisotopic (exact) mass is 264 g/mol. The van der Waals surface area contributed by atoms with Crippen molar-refractivity contribution in [2.24, 2.45) is 11.8 Å². The number of amides is 1. The fraction of sp³-hybridized carbons (Fsp3) is 0.667. The third-order valence-corrected chi connectivity index (χ3v) is 3.83. The second-order valence-corrected chi connectivity index (χ2v) is 5.25. The number of rotatable bonds is 4. The molecule has 1 fully saturated rings. The van der Waals surface area contributed by atoms with Gasteiger partial charge in [-0.15, -0.1) is 10.2 Å². The third-order valence-electron chi connectivity index (χ3n) is 3.83. The maximum atomic E-state index is 11.9. The van der Waals surface area contributed by atoms with Crippen molar-refractivity contribution in [1.82, 2.24) is 20.1 Å². The largest absolute Gasteiger partial charge is 0.481 e. The summed E-state index contributed by atoms with van der Waals surface area (Å²) in [6.07, 6.45) is 2.42. The number of aliphatic carboxylic acids is 1. The molecule has 1 saturated carbocycles. The quantitative estimate of drug-likeness (QED) is 0.805. The molecule has 0 spiro atoms. The first-order valence-corrected chi connectivity index (χ1v) is 6.53. The minimum atomic E-state index is -0.892. The minimum absolute atomic E-state index is 0.199. The summed E-state index contributed by atoms with van der Waals surface area (Å²) in [5.41, 5.74) is 0. The van der Waals surface area contributed by atoms with E-state index in [1.807, 2.05) is 11.5 Å². The van der Waals surface area contributed by atoms with Crippen LogP contribution in [0.4, 0.5) is 0 Å². The van der Waals surface area contributed by atoms with Crippen LogP contribution in [0.25, 0.3) is 0 Å². The van der Waals surface area contributed by atoms with E-state index in [-0.39, 0.29) is 17.9 Å². The molecule has 2 N–H and O–H groups in total. The van der Waals surface area contributed by atoms with Gasteiger partial charge in [0, 0.05) is 13.0 Å². The molecule has 2 heterocycles. The van der Waals surface area contributed by atoms with Crippen molar-refractivity contribution < 1.29 is 14.7 Å². The van der Waals surface area contributed by atoms with Crippen molar-refractivity contribution in [3.63, 3.8) is 0 Å². The SMILES string of the molecule is CC(NC(=O)C1CC1C(=O)O)c1nnc2n1CCC2. The van der Waals surface area contributed by atoms with Gasteiger partial charge in [-0.05, 0) is 19.8 Å². The van der Waals surface area contributed by atoms with Gasteiger partial charge in [-0.25, -0.2) is 0 Å². The van der Waals surface area contributed by atoms with E-state index in [2.05, 4.69) is 15.5 Å². The third kappa shape index (κ3) is 2.09. The number of carbonyl (C=O) groups excluding carboxylic acids is 1. The average Bonchev–Trinajstić information content (AvgIpc) is 2.86. The van der Waals surface area contributed by atoms with Crippen molar-refractivity contribution in [2.45, 2.75) is 38.8 Å². The molecule has 1 aliphatic heterocycles. The van der Waals surface area contributed by atoms with Gasteiger partial charge in [0.1, 0.15) is 5.82 Å². The zero-order chi connectivity index (χ0) is 13.6. The number of aromatic nitrogens is 3. The Morgan fingerprint density at radius 2 is 2.21 bits per heavy atom. The molecule has 7 heteroatoms. The molecule has 1 aliphatic carbocycles. The Kier molecular flexibility index (Phi) is 2.76. The van der Waals surface area contributed by atoms with Crippen LogP contribution in [-0.2, 0) is 22.6 Å². The lowest BCUT2D eigenvalue weighted by Gasteiger charge is -2.13. The molecule has 1 aromatic heterocycles. The molecule has 3 atom stereocenters. The normalized spacial score (nSPS) is 25.7. The van der Waals surface area contributed by atoms with E-state index in [0.29, 0.717) is 6.42 Å². The predicted molar refractivity (Wildman–Crippen MR) is 64.1 cm³/mol. The van der Waals surface area contributed by atoms with E-state index in [1.54, 1.807) is 0 Å². The second-order valence-electron chi connectivity index (χ2n) is 5.25. The van der Waals surface area contributed by atoms with Crippen molar-refractivity contribution in [3.8, 4) is 0 Å². The number of hydrogen-bond donors (Lipinski definition) is 2. The molecule has 3 rings (SSSR count). The lowest BCUT2D eigenvalue weighted by Crippen LogP contribution is -2.30. The standard InChI is InChI=1S/C12H16N4O3/c1-6(10-15-14-9-3-2-4-16(9)10)13-11(17)7-5-8(7)12(18)19/h6-8H,2-5H2,1H3,(H,13,17)(H,18,19). The summed E-state index contributed by atoms with van der Waals surface area (Å²) in [4.78, 5) is 22.6. The lowest BCUT2D eigenvalue weighted by atomic mass is 10.2. The predicted octanol–water partition coefficient (Wildman–Crippen LogP) is 0.122. The van der Waals surface area contributed by atoms with Crippen LogP contribution in [0.2, 0.25) is 0 Å². The molecular weight excluding hydrogens is 248 g/mol. The summed E-state index contributed by atoms with van der Waals surface area (Å²) >= 11 is 0. The lowest BCUT2D eigenvalue weighted by molar-refractivity contribution is -0.140. The molecule has 0 aromatic carbocycles. The molecule has 0 bridgehead atoms. The van der Waals surface area contributed by atoms with Crippen molar-refractivity contribution in [1.29, 1.82) is 0 Å². The molecule has 0 radical (unpaired) electrons. The maximum Gasteiger partial charge on any atom is 0.307 e. The molecule has 19 heavy (non-hydrogen) atoms. The number of aryl methyl sites for hydroxylation is 1. The zero-order valence-electron chi connectivity index (χ0n) is 10.7. The fourth-order valence-corrected chi connectivity index (χ4v) is 2.64. The number of fused-ring (bicyclic) bond motifs is 1. The summed E-state index contributed by atoms with van der Waals surface area (Å²) in [7, 11) is 0. The minimum Gasteiger partial charge on any atom is -0.481 e. The van der Waals surface area contributed by atoms with E-state index in [4.69, 9.17) is 5.11 Å². The summed E-state index contributed by atoms with van der Waals surface area (Å²) in [6.45, 7) is 2.74. The highest BCUT2D eigenvalue weighted by atomic mass is 16.4. The second kappa shape index (κ2) is 4.32. The van der Waals surface area contributed by atoms with E-state index >= 15 is 0 Å². The molecule has 102 valence electrons. The summed E-state index contributed by atoms with van der Waals surface area (Å²) in [6, 6.07) is -0.234. The van der Waals surface area contributed by atoms with Crippen LogP contribution < -0.4 is 5.32 Å². The zero-order valence-corrected chi connectivity index (χ0v) is 10.7. The number of carbonyl (C=O) groups is 2. The topological polar surface area (TPSA) is 97.1 Å². The fourth-order valence-electron chi connectivity index (χ4n) is 2.64. The first-order chi connectivity index (χ1) is 9.08. The molecule has 1 aromatic rings. The smallest absolute Gasteiger partial charge is 0.307 e. The van der Waals surface area contributed by atoms with Gasteiger partial charge < -0.3 is 15.0 Å². The molecule has 1 amide bonds. The van der Waals surface area contributed by atoms with Crippen molar-refractivity contribution >= 4 is 11.9 Å². The van der Waals surface area contributed by atoms with Crippen molar-refractivity contribution in [2.75, 3.05) is 0 Å².